The first-order valence-electron chi connectivity index (χ1n) is 6.88. The van der Waals surface area contributed by atoms with Gasteiger partial charge >= 0.3 is 0 Å². The zero-order valence-electron chi connectivity index (χ0n) is 12.2. The highest BCUT2D eigenvalue weighted by molar-refractivity contribution is 9.10. The summed E-state index contributed by atoms with van der Waals surface area (Å²) in [6.07, 6.45) is 2.16. The van der Waals surface area contributed by atoms with Crippen LogP contribution >= 0.6 is 15.9 Å². The third-order valence-electron chi connectivity index (χ3n) is 3.16. The van der Waals surface area contributed by atoms with E-state index < -0.39 is 0 Å². The number of amides is 1. The summed E-state index contributed by atoms with van der Waals surface area (Å²) in [6.45, 7) is 2.15. The van der Waals surface area contributed by atoms with Crippen molar-refractivity contribution < 1.29 is 9.53 Å². The molecule has 2 aromatic rings. The number of nitrogens with one attached hydrogen (secondary N) is 1. The Bertz CT molecular complexity index is 623. The van der Waals surface area contributed by atoms with E-state index in [2.05, 4.69) is 28.2 Å². The molecule has 1 amide bonds. The smallest absolute Gasteiger partial charge is 0.259 e. The number of benzene rings is 2. The van der Waals surface area contributed by atoms with Crippen molar-refractivity contribution in [1.82, 2.24) is 0 Å². The van der Waals surface area contributed by atoms with Crippen molar-refractivity contribution in [2.45, 2.75) is 19.8 Å². The van der Waals surface area contributed by atoms with Crippen molar-refractivity contribution >= 4 is 27.5 Å². The maximum atomic E-state index is 12.3. The molecule has 2 rings (SSSR count). The Morgan fingerprint density at radius 2 is 1.90 bits per heavy atom. The number of hydrogen-bond donors (Lipinski definition) is 1. The van der Waals surface area contributed by atoms with Crippen LogP contribution in [0.3, 0.4) is 0 Å². The minimum atomic E-state index is -0.178. The molecule has 3 nitrogen and oxygen atoms in total. The molecule has 0 fully saturated rings. The van der Waals surface area contributed by atoms with E-state index in [-0.39, 0.29) is 5.91 Å². The number of rotatable bonds is 5. The van der Waals surface area contributed by atoms with Crippen LogP contribution < -0.4 is 10.1 Å². The number of ether oxygens (including phenoxy) is 1. The molecule has 0 aromatic heterocycles. The van der Waals surface area contributed by atoms with E-state index in [9.17, 15) is 4.79 Å². The normalized spacial score (nSPS) is 10.2. The highest BCUT2D eigenvalue weighted by Gasteiger charge is 2.12. The fourth-order valence-corrected chi connectivity index (χ4v) is 2.43. The van der Waals surface area contributed by atoms with Gasteiger partial charge in [0.25, 0.3) is 5.91 Å². The summed E-state index contributed by atoms with van der Waals surface area (Å²) in [6, 6.07) is 13.3. The van der Waals surface area contributed by atoms with Crippen molar-refractivity contribution in [1.29, 1.82) is 0 Å². The first-order chi connectivity index (χ1) is 10.1. The number of anilines is 1. The molecular weight excluding hydrogens is 330 g/mol. The van der Waals surface area contributed by atoms with E-state index in [0.717, 1.165) is 23.0 Å². The van der Waals surface area contributed by atoms with Gasteiger partial charge in [-0.05, 0) is 42.3 Å². The monoisotopic (exact) mass is 347 g/mol. The summed E-state index contributed by atoms with van der Waals surface area (Å²) in [5, 5.41) is 2.89. The lowest BCUT2D eigenvalue weighted by Crippen LogP contribution is -2.13. The minimum absolute atomic E-state index is 0.178. The van der Waals surface area contributed by atoms with E-state index in [1.807, 2.05) is 30.3 Å². The molecule has 0 spiro atoms. The van der Waals surface area contributed by atoms with Crippen LogP contribution in [0, 0.1) is 0 Å². The Morgan fingerprint density at radius 1 is 1.19 bits per heavy atom. The van der Waals surface area contributed by atoms with Gasteiger partial charge in [0.1, 0.15) is 5.75 Å². The lowest BCUT2D eigenvalue weighted by atomic mass is 10.1. The van der Waals surface area contributed by atoms with Gasteiger partial charge in [0.05, 0.1) is 12.7 Å². The van der Waals surface area contributed by atoms with Crippen LogP contribution in [0.4, 0.5) is 5.69 Å². The van der Waals surface area contributed by atoms with Gasteiger partial charge in [-0.3, -0.25) is 4.79 Å². The van der Waals surface area contributed by atoms with Gasteiger partial charge in [0.15, 0.2) is 0 Å². The van der Waals surface area contributed by atoms with Gasteiger partial charge in [-0.25, -0.2) is 0 Å². The summed E-state index contributed by atoms with van der Waals surface area (Å²) in [5.74, 6) is 0.368. The van der Waals surface area contributed by atoms with Crippen LogP contribution in [-0.2, 0) is 6.42 Å². The van der Waals surface area contributed by atoms with Gasteiger partial charge < -0.3 is 10.1 Å². The third-order valence-corrected chi connectivity index (χ3v) is 3.65. The molecule has 0 atom stereocenters. The topological polar surface area (TPSA) is 38.3 Å². The van der Waals surface area contributed by atoms with E-state index in [4.69, 9.17) is 4.74 Å². The second-order valence-corrected chi connectivity index (χ2v) is 5.66. The fourth-order valence-electron chi connectivity index (χ4n) is 2.09. The van der Waals surface area contributed by atoms with Gasteiger partial charge in [-0.15, -0.1) is 0 Å². The molecule has 0 unspecified atom stereocenters. The average Bonchev–Trinajstić information content (AvgIpc) is 2.49. The summed E-state index contributed by atoms with van der Waals surface area (Å²) >= 11 is 3.36. The Balaban J connectivity index is 2.14. The van der Waals surface area contributed by atoms with Gasteiger partial charge in [0, 0.05) is 10.2 Å². The van der Waals surface area contributed by atoms with Crippen LogP contribution in [-0.4, -0.2) is 13.0 Å². The van der Waals surface area contributed by atoms with Crippen molar-refractivity contribution in [3.63, 3.8) is 0 Å². The molecule has 4 heteroatoms. The molecule has 0 saturated carbocycles. The molecule has 1 N–H and O–H groups in total. The Hall–Kier alpha value is -1.81. The van der Waals surface area contributed by atoms with E-state index in [0.29, 0.717) is 11.3 Å². The molecule has 0 bridgehead atoms. The molecule has 0 aliphatic heterocycles. The molecular formula is C17H18BrNO2. The van der Waals surface area contributed by atoms with Crippen molar-refractivity contribution in [3.8, 4) is 5.75 Å². The summed E-state index contributed by atoms with van der Waals surface area (Å²) < 4.78 is 6.12. The third kappa shape index (κ3) is 4.08. The highest BCUT2D eigenvalue weighted by Crippen LogP contribution is 2.24. The lowest BCUT2D eigenvalue weighted by Gasteiger charge is -2.10. The van der Waals surface area contributed by atoms with E-state index >= 15 is 0 Å². The number of carbonyl (C=O) groups excluding carboxylic acids is 1. The van der Waals surface area contributed by atoms with Gasteiger partial charge in [-0.1, -0.05) is 41.4 Å². The van der Waals surface area contributed by atoms with Gasteiger partial charge in [-0.2, -0.15) is 0 Å². The van der Waals surface area contributed by atoms with E-state index in [1.54, 1.807) is 19.2 Å². The molecule has 0 heterocycles. The predicted molar refractivity (Wildman–Crippen MR) is 89.1 cm³/mol. The maximum Gasteiger partial charge on any atom is 0.259 e. The predicted octanol–water partition coefficient (Wildman–Crippen LogP) is 4.66. The Morgan fingerprint density at radius 3 is 2.52 bits per heavy atom. The van der Waals surface area contributed by atoms with Gasteiger partial charge in [0.2, 0.25) is 0 Å². The largest absolute Gasteiger partial charge is 0.496 e. The molecule has 110 valence electrons. The van der Waals surface area contributed by atoms with Crippen LogP contribution in [0.15, 0.2) is 46.9 Å². The van der Waals surface area contributed by atoms with Crippen LogP contribution in [0.1, 0.15) is 29.3 Å². The number of hydrogen-bond acceptors (Lipinski definition) is 2. The molecule has 21 heavy (non-hydrogen) atoms. The van der Waals surface area contributed by atoms with Crippen molar-refractivity contribution in [3.05, 3.63) is 58.1 Å². The molecule has 2 aromatic carbocycles. The SMILES string of the molecule is CCCc1ccc(NC(=O)c2ccc(Br)cc2OC)cc1. The fraction of sp³-hybridized carbons (Fsp3) is 0.235. The van der Waals surface area contributed by atoms with E-state index in [1.165, 1.54) is 5.56 Å². The number of aryl methyl sites for hydroxylation is 1. The summed E-state index contributed by atoms with van der Waals surface area (Å²) in [4.78, 5) is 12.3. The Kier molecular flexibility index (Phi) is 5.39. The molecule has 0 aliphatic rings. The number of halogens is 1. The van der Waals surface area contributed by atoms with Crippen LogP contribution in [0.2, 0.25) is 0 Å². The zero-order valence-corrected chi connectivity index (χ0v) is 13.7. The lowest BCUT2D eigenvalue weighted by molar-refractivity contribution is 0.102. The maximum absolute atomic E-state index is 12.3. The van der Waals surface area contributed by atoms with Crippen LogP contribution in [0.5, 0.6) is 5.75 Å². The number of carbonyl (C=O) groups is 1. The quantitative estimate of drug-likeness (QED) is 0.853. The molecule has 0 aliphatic carbocycles. The Labute approximate surface area is 133 Å². The first kappa shape index (κ1) is 15.6. The molecule has 0 saturated heterocycles. The number of methoxy groups -OCH3 is 1. The zero-order chi connectivity index (χ0) is 15.2. The first-order valence-corrected chi connectivity index (χ1v) is 7.67. The highest BCUT2D eigenvalue weighted by atomic mass is 79.9. The standard InChI is InChI=1S/C17H18BrNO2/c1-3-4-12-5-8-14(9-6-12)19-17(20)15-10-7-13(18)11-16(15)21-2/h5-11H,3-4H2,1-2H3,(H,19,20). The minimum Gasteiger partial charge on any atom is -0.496 e. The summed E-state index contributed by atoms with van der Waals surface area (Å²) in [5.41, 5.74) is 2.57. The summed E-state index contributed by atoms with van der Waals surface area (Å²) in [7, 11) is 1.55. The van der Waals surface area contributed by atoms with Crippen LogP contribution in [0.25, 0.3) is 0 Å². The second kappa shape index (κ2) is 7.27. The van der Waals surface area contributed by atoms with Crippen molar-refractivity contribution in [2.75, 3.05) is 12.4 Å². The average molecular weight is 348 g/mol. The van der Waals surface area contributed by atoms with Crippen molar-refractivity contribution in [2.24, 2.45) is 0 Å². The molecule has 0 radical (unpaired) electrons. The second-order valence-electron chi connectivity index (χ2n) is 4.75.